The summed E-state index contributed by atoms with van der Waals surface area (Å²) in [5.74, 6) is -1.06. The molecular formula is C16H14BrFN2O3. The maximum absolute atomic E-state index is 12.9. The molecule has 0 radical (unpaired) electrons. The minimum atomic E-state index is -0.540. The van der Waals surface area contributed by atoms with Gasteiger partial charge >= 0.3 is 0 Å². The topological polar surface area (TPSA) is 67.4 Å². The molecule has 2 aromatic carbocycles. The standard InChI is InChI=1S/C16H14BrFN2O3/c1-10-2-4-11(5-3-10)16(22)20-19-15(21)9-23-14-7-6-12(18)8-13(14)17/h2-8H,9H2,1H3,(H,19,21)(H,20,22). The highest BCUT2D eigenvalue weighted by Crippen LogP contribution is 2.25. The number of benzene rings is 2. The summed E-state index contributed by atoms with van der Waals surface area (Å²) in [6, 6.07) is 10.8. The molecule has 2 aromatic rings. The highest BCUT2D eigenvalue weighted by atomic mass is 79.9. The SMILES string of the molecule is Cc1ccc(C(=O)NNC(=O)COc2ccc(F)cc2Br)cc1. The molecule has 0 saturated heterocycles. The highest BCUT2D eigenvalue weighted by Gasteiger charge is 2.09. The number of halogens is 2. The van der Waals surface area contributed by atoms with Crippen LogP contribution in [0, 0.1) is 12.7 Å². The fourth-order valence-electron chi connectivity index (χ4n) is 1.68. The Morgan fingerprint density at radius 3 is 2.48 bits per heavy atom. The minimum absolute atomic E-state index is 0.321. The van der Waals surface area contributed by atoms with Crippen LogP contribution in [0.2, 0.25) is 0 Å². The van der Waals surface area contributed by atoms with Crippen LogP contribution in [-0.2, 0) is 4.79 Å². The second-order valence-electron chi connectivity index (χ2n) is 4.73. The zero-order valence-electron chi connectivity index (χ0n) is 12.2. The molecule has 0 saturated carbocycles. The van der Waals surface area contributed by atoms with E-state index in [1.165, 1.54) is 18.2 Å². The molecule has 120 valence electrons. The van der Waals surface area contributed by atoms with Crippen molar-refractivity contribution in [1.82, 2.24) is 10.9 Å². The van der Waals surface area contributed by atoms with E-state index in [9.17, 15) is 14.0 Å². The van der Waals surface area contributed by atoms with Crippen LogP contribution in [0.25, 0.3) is 0 Å². The normalized spacial score (nSPS) is 10.0. The van der Waals surface area contributed by atoms with Crippen LogP contribution in [0.4, 0.5) is 4.39 Å². The first-order valence-electron chi connectivity index (χ1n) is 6.69. The molecule has 2 amide bonds. The van der Waals surface area contributed by atoms with Crippen molar-refractivity contribution < 1.29 is 18.7 Å². The van der Waals surface area contributed by atoms with Crippen molar-refractivity contribution in [2.24, 2.45) is 0 Å². The quantitative estimate of drug-likeness (QED) is 0.801. The van der Waals surface area contributed by atoms with E-state index < -0.39 is 17.6 Å². The van der Waals surface area contributed by atoms with Crippen LogP contribution in [0.15, 0.2) is 46.9 Å². The number of ether oxygens (including phenoxy) is 1. The van der Waals surface area contributed by atoms with Gasteiger partial charge in [-0.1, -0.05) is 17.7 Å². The summed E-state index contributed by atoms with van der Waals surface area (Å²) < 4.78 is 18.6. The summed E-state index contributed by atoms with van der Waals surface area (Å²) >= 11 is 3.13. The fraction of sp³-hybridized carbons (Fsp3) is 0.125. The third-order valence-corrected chi connectivity index (χ3v) is 3.50. The summed E-state index contributed by atoms with van der Waals surface area (Å²) in [5.41, 5.74) is 5.99. The lowest BCUT2D eigenvalue weighted by atomic mass is 10.1. The molecule has 0 heterocycles. The van der Waals surface area contributed by atoms with E-state index in [0.29, 0.717) is 15.8 Å². The van der Waals surface area contributed by atoms with Crippen molar-refractivity contribution in [2.75, 3.05) is 6.61 Å². The predicted octanol–water partition coefficient (Wildman–Crippen LogP) is 2.74. The lowest BCUT2D eigenvalue weighted by Gasteiger charge is -2.10. The lowest BCUT2D eigenvalue weighted by Crippen LogP contribution is -2.43. The molecule has 2 N–H and O–H groups in total. The number of rotatable bonds is 4. The van der Waals surface area contributed by atoms with Crippen LogP contribution < -0.4 is 15.6 Å². The van der Waals surface area contributed by atoms with Crippen molar-refractivity contribution in [3.8, 4) is 5.75 Å². The monoisotopic (exact) mass is 380 g/mol. The van der Waals surface area contributed by atoms with Crippen molar-refractivity contribution in [3.63, 3.8) is 0 Å². The number of hydrazine groups is 1. The van der Waals surface area contributed by atoms with Gasteiger partial charge in [-0.25, -0.2) is 4.39 Å². The van der Waals surface area contributed by atoms with E-state index in [1.54, 1.807) is 24.3 Å². The second kappa shape index (κ2) is 7.73. The van der Waals surface area contributed by atoms with E-state index in [-0.39, 0.29) is 6.61 Å². The number of hydrogen-bond donors (Lipinski definition) is 2. The zero-order valence-corrected chi connectivity index (χ0v) is 13.8. The molecule has 0 aliphatic heterocycles. The Morgan fingerprint density at radius 2 is 1.83 bits per heavy atom. The summed E-state index contributed by atoms with van der Waals surface area (Å²) in [6.07, 6.45) is 0. The molecule has 7 heteroatoms. The maximum atomic E-state index is 12.9. The Balaban J connectivity index is 1.81. The van der Waals surface area contributed by atoms with Crippen LogP contribution in [0.3, 0.4) is 0 Å². The molecule has 0 aliphatic carbocycles. The molecule has 23 heavy (non-hydrogen) atoms. The lowest BCUT2D eigenvalue weighted by molar-refractivity contribution is -0.123. The summed E-state index contributed by atoms with van der Waals surface area (Å²) in [4.78, 5) is 23.5. The fourth-order valence-corrected chi connectivity index (χ4v) is 2.14. The molecule has 0 fully saturated rings. The first-order valence-corrected chi connectivity index (χ1v) is 7.48. The minimum Gasteiger partial charge on any atom is -0.483 e. The van der Waals surface area contributed by atoms with Gasteiger partial charge in [0, 0.05) is 5.56 Å². The van der Waals surface area contributed by atoms with E-state index in [0.717, 1.165) is 5.56 Å². The van der Waals surface area contributed by atoms with Crippen molar-refractivity contribution >= 4 is 27.7 Å². The van der Waals surface area contributed by atoms with Crippen molar-refractivity contribution in [2.45, 2.75) is 6.92 Å². The maximum Gasteiger partial charge on any atom is 0.276 e. The molecule has 0 atom stereocenters. The van der Waals surface area contributed by atoms with E-state index in [2.05, 4.69) is 26.8 Å². The number of carbonyl (C=O) groups is 2. The van der Waals surface area contributed by atoms with E-state index in [1.807, 2.05) is 6.92 Å². The molecule has 0 unspecified atom stereocenters. The second-order valence-corrected chi connectivity index (χ2v) is 5.59. The molecule has 5 nitrogen and oxygen atoms in total. The summed E-state index contributed by atoms with van der Waals surface area (Å²) in [6.45, 7) is 1.59. The molecule has 0 aliphatic rings. The van der Waals surface area contributed by atoms with Gasteiger partial charge in [-0.05, 0) is 53.2 Å². The molecular weight excluding hydrogens is 367 g/mol. The smallest absolute Gasteiger partial charge is 0.276 e. The third kappa shape index (κ3) is 5.07. The Hall–Kier alpha value is -2.41. The van der Waals surface area contributed by atoms with Gasteiger partial charge in [0.05, 0.1) is 4.47 Å². The Bertz CT molecular complexity index is 720. The molecule has 0 aromatic heterocycles. The van der Waals surface area contributed by atoms with Crippen LogP contribution in [0.1, 0.15) is 15.9 Å². The van der Waals surface area contributed by atoms with Gasteiger partial charge in [0.25, 0.3) is 11.8 Å². The average molecular weight is 381 g/mol. The number of hydrogen-bond acceptors (Lipinski definition) is 3. The Morgan fingerprint density at radius 1 is 1.13 bits per heavy atom. The van der Waals surface area contributed by atoms with Gasteiger partial charge in [0.1, 0.15) is 11.6 Å². The number of amides is 2. The van der Waals surface area contributed by atoms with Crippen molar-refractivity contribution in [3.05, 3.63) is 63.9 Å². The van der Waals surface area contributed by atoms with E-state index >= 15 is 0 Å². The summed E-state index contributed by atoms with van der Waals surface area (Å²) in [7, 11) is 0. The largest absolute Gasteiger partial charge is 0.483 e. The average Bonchev–Trinajstić information content (AvgIpc) is 2.52. The van der Waals surface area contributed by atoms with Gasteiger partial charge in [-0.3, -0.25) is 20.4 Å². The van der Waals surface area contributed by atoms with Crippen LogP contribution >= 0.6 is 15.9 Å². The van der Waals surface area contributed by atoms with E-state index in [4.69, 9.17) is 4.74 Å². The molecule has 0 spiro atoms. The number of nitrogens with one attached hydrogen (secondary N) is 2. The Kier molecular flexibility index (Phi) is 5.70. The molecule has 2 rings (SSSR count). The molecule has 0 bridgehead atoms. The van der Waals surface area contributed by atoms with Crippen LogP contribution in [0.5, 0.6) is 5.75 Å². The third-order valence-electron chi connectivity index (χ3n) is 2.88. The predicted molar refractivity (Wildman–Crippen MR) is 86.4 cm³/mol. The van der Waals surface area contributed by atoms with Gasteiger partial charge in [-0.15, -0.1) is 0 Å². The van der Waals surface area contributed by atoms with Gasteiger partial charge < -0.3 is 4.74 Å². The highest BCUT2D eigenvalue weighted by molar-refractivity contribution is 9.10. The van der Waals surface area contributed by atoms with Gasteiger partial charge in [0.15, 0.2) is 6.61 Å². The number of carbonyl (C=O) groups excluding carboxylic acids is 2. The van der Waals surface area contributed by atoms with Crippen LogP contribution in [-0.4, -0.2) is 18.4 Å². The first kappa shape index (κ1) is 17.0. The summed E-state index contributed by atoms with van der Waals surface area (Å²) in [5, 5.41) is 0. The van der Waals surface area contributed by atoms with Gasteiger partial charge in [-0.2, -0.15) is 0 Å². The van der Waals surface area contributed by atoms with Gasteiger partial charge in [0.2, 0.25) is 0 Å². The number of aryl methyl sites for hydroxylation is 1. The first-order chi connectivity index (χ1) is 11.0. The Labute approximate surface area is 140 Å². The van der Waals surface area contributed by atoms with Crippen molar-refractivity contribution in [1.29, 1.82) is 0 Å². The zero-order chi connectivity index (χ0) is 16.8.